The molecule has 0 spiro atoms. The molecule has 5 heteroatoms. The van der Waals surface area contributed by atoms with Crippen molar-refractivity contribution >= 4 is 11.8 Å². The largest absolute Gasteiger partial charge is 0.507 e. The number of Topliss-reactive ketones (excluding diaryl/α,β-unsaturated/α-hetero) is 1. The van der Waals surface area contributed by atoms with Crippen LogP contribution in [0.4, 0.5) is 0 Å². The first-order valence-corrected chi connectivity index (χ1v) is 7.27. The first-order valence-electron chi connectivity index (χ1n) is 7.27. The van der Waals surface area contributed by atoms with E-state index in [4.69, 9.17) is 4.74 Å². The van der Waals surface area contributed by atoms with Gasteiger partial charge < -0.3 is 14.9 Å². The quantitative estimate of drug-likeness (QED) is 0.611. The molecule has 2 aliphatic rings. The van der Waals surface area contributed by atoms with Crippen LogP contribution in [0.3, 0.4) is 0 Å². The molecule has 0 bridgehead atoms. The summed E-state index contributed by atoms with van der Waals surface area (Å²) in [4.78, 5) is 24.1. The van der Waals surface area contributed by atoms with E-state index < -0.39 is 29.5 Å². The first kappa shape index (κ1) is 14.8. The smallest absolute Gasteiger partial charge is 0.303 e. The van der Waals surface area contributed by atoms with Crippen LogP contribution in [0.15, 0.2) is 30.4 Å². The molecule has 5 nitrogen and oxygen atoms in total. The lowest BCUT2D eigenvalue weighted by atomic mass is 9.61. The average Bonchev–Trinajstić information content (AvgIpc) is 2.44. The summed E-state index contributed by atoms with van der Waals surface area (Å²) < 4.78 is 5.29. The Bertz CT molecular complexity index is 674. The van der Waals surface area contributed by atoms with Gasteiger partial charge in [-0.15, -0.1) is 0 Å². The Balaban J connectivity index is 2.16. The standard InChI is InChI=1S/C17H18O5/c1-9(18)22-13-8-3-5-10-15(13)17(2,21)11-6-4-7-12(19)14(11)16(10)20/h3-4,6-8,10,13,15,19,21H,5H2,1-2H3/t10-,13-,15-,17-/m0/s1. The van der Waals surface area contributed by atoms with Gasteiger partial charge in [-0.05, 0) is 31.1 Å². The summed E-state index contributed by atoms with van der Waals surface area (Å²) in [7, 11) is 0. The number of fused-ring (bicyclic) bond motifs is 2. The van der Waals surface area contributed by atoms with Crippen molar-refractivity contribution in [3.05, 3.63) is 41.5 Å². The van der Waals surface area contributed by atoms with Crippen molar-refractivity contribution in [1.29, 1.82) is 0 Å². The predicted octanol–water partition coefficient (Wildman–Crippen LogP) is 1.92. The Labute approximate surface area is 128 Å². The summed E-state index contributed by atoms with van der Waals surface area (Å²) in [6.45, 7) is 2.90. The molecule has 0 amide bonds. The fourth-order valence-electron chi connectivity index (χ4n) is 3.73. The molecule has 0 heterocycles. The number of allylic oxidation sites excluding steroid dienone is 1. The van der Waals surface area contributed by atoms with Crippen LogP contribution >= 0.6 is 0 Å². The Morgan fingerprint density at radius 3 is 2.82 bits per heavy atom. The number of carbonyl (C=O) groups is 2. The van der Waals surface area contributed by atoms with Crippen molar-refractivity contribution in [2.24, 2.45) is 11.8 Å². The third-order valence-electron chi connectivity index (χ3n) is 4.63. The van der Waals surface area contributed by atoms with E-state index in [1.54, 1.807) is 31.2 Å². The molecule has 3 rings (SSSR count). The molecule has 0 radical (unpaired) electrons. The highest BCUT2D eigenvalue weighted by molar-refractivity contribution is 6.03. The second kappa shape index (κ2) is 4.95. The van der Waals surface area contributed by atoms with Crippen LogP contribution in [0.1, 0.15) is 36.2 Å². The molecule has 22 heavy (non-hydrogen) atoms. The van der Waals surface area contributed by atoms with E-state index in [0.717, 1.165) is 0 Å². The molecule has 2 aliphatic carbocycles. The molecule has 0 saturated heterocycles. The van der Waals surface area contributed by atoms with Gasteiger partial charge in [-0.2, -0.15) is 0 Å². The monoisotopic (exact) mass is 302 g/mol. The van der Waals surface area contributed by atoms with Gasteiger partial charge in [0.05, 0.1) is 11.2 Å². The fraction of sp³-hybridized carbons (Fsp3) is 0.412. The summed E-state index contributed by atoms with van der Waals surface area (Å²) in [5, 5.41) is 21.1. The minimum Gasteiger partial charge on any atom is -0.507 e. The third-order valence-corrected chi connectivity index (χ3v) is 4.63. The number of benzene rings is 1. The maximum absolute atomic E-state index is 12.7. The SMILES string of the molecule is CC(=O)O[C@H]1C=CC[C@@H]2C(=O)c3c(O)cccc3[C@](C)(O)[C@H]12. The third kappa shape index (κ3) is 2.04. The molecule has 0 aromatic heterocycles. The Hall–Kier alpha value is -2.14. The lowest BCUT2D eigenvalue weighted by Gasteiger charge is -2.46. The highest BCUT2D eigenvalue weighted by Gasteiger charge is 2.53. The highest BCUT2D eigenvalue weighted by Crippen LogP contribution is 2.49. The lowest BCUT2D eigenvalue weighted by molar-refractivity contribution is -0.155. The second-order valence-electron chi connectivity index (χ2n) is 6.08. The van der Waals surface area contributed by atoms with Gasteiger partial charge in [0.15, 0.2) is 5.78 Å². The average molecular weight is 302 g/mol. The number of hydrogen-bond donors (Lipinski definition) is 2. The molecule has 116 valence electrons. The van der Waals surface area contributed by atoms with Gasteiger partial charge in [-0.1, -0.05) is 18.2 Å². The van der Waals surface area contributed by atoms with Gasteiger partial charge in [0.1, 0.15) is 11.9 Å². The van der Waals surface area contributed by atoms with E-state index in [-0.39, 0.29) is 17.1 Å². The van der Waals surface area contributed by atoms with Crippen LogP contribution in [0.25, 0.3) is 0 Å². The zero-order valence-electron chi connectivity index (χ0n) is 12.4. The van der Waals surface area contributed by atoms with E-state index in [1.807, 2.05) is 0 Å². The van der Waals surface area contributed by atoms with Crippen LogP contribution < -0.4 is 0 Å². The number of phenolic OH excluding ortho intramolecular Hbond substituents is 1. The number of phenols is 1. The summed E-state index contributed by atoms with van der Waals surface area (Å²) >= 11 is 0. The van der Waals surface area contributed by atoms with Crippen LogP contribution in [-0.2, 0) is 15.1 Å². The second-order valence-corrected chi connectivity index (χ2v) is 6.08. The molecule has 0 aliphatic heterocycles. The van der Waals surface area contributed by atoms with Crippen molar-refractivity contribution in [2.75, 3.05) is 0 Å². The molecule has 0 fully saturated rings. The number of ketones is 1. The topological polar surface area (TPSA) is 83.8 Å². The van der Waals surface area contributed by atoms with Crippen LogP contribution in [-0.4, -0.2) is 28.1 Å². The maximum Gasteiger partial charge on any atom is 0.303 e. The minimum atomic E-state index is -1.38. The molecule has 1 aromatic rings. The van der Waals surface area contributed by atoms with Crippen molar-refractivity contribution in [1.82, 2.24) is 0 Å². The van der Waals surface area contributed by atoms with Gasteiger partial charge in [0.25, 0.3) is 0 Å². The molecular weight excluding hydrogens is 284 g/mol. The van der Waals surface area contributed by atoms with Gasteiger partial charge in [0, 0.05) is 18.8 Å². The summed E-state index contributed by atoms with van der Waals surface area (Å²) in [6, 6.07) is 4.66. The van der Waals surface area contributed by atoms with Crippen molar-refractivity contribution in [2.45, 2.75) is 32.0 Å². The van der Waals surface area contributed by atoms with E-state index in [2.05, 4.69) is 0 Å². The number of aromatic hydroxyl groups is 1. The normalized spacial score (nSPS) is 33.0. The lowest BCUT2D eigenvalue weighted by Crippen LogP contribution is -2.52. The molecule has 0 saturated carbocycles. The predicted molar refractivity (Wildman–Crippen MR) is 78.3 cm³/mol. The van der Waals surface area contributed by atoms with Crippen LogP contribution in [0.2, 0.25) is 0 Å². The number of carbonyl (C=O) groups excluding carboxylic acids is 2. The van der Waals surface area contributed by atoms with E-state index in [1.165, 1.54) is 13.0 Å². The van der Waals surface area contributed by atoms with Gasteiger partial charge in [0.2, 0.25) is 0 Å². The Morgan fingerprint density at radius 2 is 2.14 bits per heavy atom. The van der Waals surface area contributed by atoms with Crippen LogP contribution in [0.5, 0.6) is 5.75 Å². The fourth-order valence-corrected chi connectivity index (χ4v) is 3.73. The van der Waals surface area contributed by atoms with Gasteiger partial charge in [-0.3, -0.25) is 9.59 Å². The minimum absolute atomic E-state index is 0.125. The Morgan fingerprint density at radius 1 is 1.41 bits per heavy atom. The number of rotatable bonds is 1. The highest BCUT2D eigenvalue weighted by atomic mass is 16.5. The van der Waals surface area contributed by atoms with Crippen molar-refractivity contribution < 1.29 is 24.5 Å². The number of aliphatic hydroxyl groups is 1. The summed E-state index contributed by atoms with van der Waals surface area (Å²) in [5.41, 5.74) is -0.825. The first-order chi connectivity index (χ1) is 10.3. The van der Waals surface area contributed by atoms with E-state index in [9.17, 15) is 19.8 Å². The molecule has 0 unspecified atom stereocenters. The zero-order valence-corrected chi connectivity index (χ0v) is 12.4. The van der Waals surface area contributed by atoms with E-state index in [0.29, 0.717) is 12.0 Å². The van der Waals surface area contributed by atoms with Crippen molar-refractivity contribution in [3.63, 3.8) is 0 Å². The zero-order chi connectivity index (χ0) is 16.1. The Kier molecular flexibility index (Phi) is 3.33. The molecule has 1 aromatic carbocycles. The number of ether oxygens (including phenoxy) is 1. The summed E-state index contributed by atoms with van der Waals surface area (Å²) in [5.74, 6) is -1.89. The molecular formula is C17H18O5. The van der Waals surface area contributed by atoms with Crippen LogP contribution in [0, 0.1) is 11.8 Å². The van der Waals surface area contributed by atoms with Gasteiger partial charge in [-0.25, -0.2) is 0 Å². The number of hydrogen-bond acceptors (Lipinski definition) is 5. The summed E-state index contributed by atoms with van der Waals surface area (Å²) in [6.07, 6.45) is 3.29. The van der Waals surface area contributed by atoms with Gasteiger partial charge >= 0.3 is 5.97 Å². The molecule has 2 N–H and O–H groups in total. The maximum atomic E-state index is 12.7. The van der Waals surface area contributed by atoms with Crippen molar-refractivity contribution in [3.8, 4) is 5.75 Å². The number of esters is 1. The van der Waals surface area contributed by atoms with E-state index >= 15 is 0 Å². The molecule has 4 atom stereocenters.